The van der Waals surface area contributed by atoms with Crippen molar-refractivity contribution in [3.63, 3.8) is 0 Å². The lowest BCUT2D eigenvalue weighted by Crippen LogP contribution is -2.32. The van der Waals surface area contributed by atoms with Crippen LogP contribution in [0, 0.1) is 0 Å². The molecule has 0 aliphatic heterocycles. The topological polar surface area (TPSA) is 29.1 Å². The summed E-state index contributed by atoms with van der Waals surface area (Å²) in [5.74, 6) is 0.887. The summed E-state index contributed by atoms with van der Waals surface area (Å²) in [6.07, 6.45) is 2.24. The van der Waals surface area contributed by atoms with Crippen LogP contribution in [0.5, 0.6) is 0 Å². The molecular formula is C13H15Cl2NOS. The first-order chi connectivity index (χ1) is 8.56. The molecule has 1 aromatic rings. The molecule has 0 spiro atoms. The molecule has 1 aliphatic rings. The number of halogens is 2. The van der Waals surface area contributed by atoms with Gasteiger partial charge in [0.15, 0.2) is 0 Å². The summed E-state index contributed by atoms with van der Waals surface area (Å²) in [5, 5.41) is 4.08. The van der Waals surface area contributed by atoms with Crippen LogP contribution in [0.3, 0.4) is 0 Å². The van der Waals surface area contributed by atoms with Gasteiger partial charge in [-0.1, -0.05) is 29.3 Å². The maximum Gasteiger partial charge on any atom is 0.233 e. The van der Waals surface area contributed by atoms with Crippen LogP contribution >= 0.6 is 35.0 Å². The average Bonchev–Trinajstić information content (AvgIpc) is 3.14. The highest BCUT2D eigenvalue weighted by atomic mass is 35.5. The Kier molecular flexibility index (Phi) is 4.82. The highest BCUT2D eigenvalue weighted by Crippen LogP contribution is 2.26. The zero-order chi connectivity index (χ0) is 13.1. The fourth-order valence-electron chi connectivity index (χ4n) is 1.47. The Hall–Kier alpha value is -0.380. The Bertz CT molecular complexity index is 449. The number of hydrogen-bond acceptors (Lipinski definition) is 2. The van der Waals surface area contributed by atoms with Crippen molar-refractivity contribution < 1.29 is 4.79 Å². The van der Waals surface area contributed by atoms with Crippen LogP contribution in [0.25, 0.3) is 0 Å². The summed E-state index contributed by atoms with van der Waals surface area (Å²) < 4.78 is 0. The Balaban J connectivity index is 1.82. The Morgan fingerprint density at radius 1 is 1.44 bits per heavy atom. The number of carbonyl (C=O) groups is 1. The van der Waals surface area contributed by atoms with Crippen LogP contribution < -0.4 is 5.32 Å². The molecule has 2 nitrogen and oxygen atoms in total. The van der Waals surface area contributed by atoms with Crippen LogP contribution in [0.1, 0.15) is 25.3 Å². The zero-order valence-electron chi connectivity index (χ0n) is 10.1. The number of benzene rings is 1. The quantitative estimate of drug-likeness (QED) is 0.894. The molecule has 1 amide bonds. The van der Waals surface area contributed by atoms with E-state index in [-0.39, 0.29) is 11.2 Å². The van der Waals surface area contributed by atoms with Crippen molar-refractivity contribution in [2.75, 3.05) is 0 Å². The highest BCUT2D eigenvalue weighted by molar-refractivity contribution is 7.99. The summed E-state index contributed by atoms with van der Waals surface area (Å²) in [6, 6.07) is 6.00. The maximum absolute atomic E-state index is 11.8. The predicted molar refractivity (Wildman–Crippen MR) is 78.4 cm³/mol. The van der Waals surface area contributed by atoms with Crippen molar-refractivity contribution >= 4 is 40.9 Å². The minimum Gasteiger partial charge on any atom is -0.352 e. The second kappa shape index (κ2) is 6.18. The molecule has 0 saturated heterocycles. The van der Waals surface area contributed by atoms with Gasteiger partial charge in [0.1, 0.15) is 0 Å². The Morgan fingerprint density at radius 2 is 2.17 bits per heavy atom. The second-order valence-electron chi connectivity index (χ2n) is 4.48. The van der Waals surface area contributed by atoms with E-state index in [1.54, 1.807) is 17.8 Å². The van der Waals surface area contributed by atoms with Gasteiger partial charge in [-0.25, -0.2) is 0 Å². The molecule has 1 aliphatic carbocycles. The largest absolute Gasteiger partial charge is 0.352 e. The van der Waals surface area contributed by atoms with Crippen molar-refractivity contribution in [3.05, 3.63) is 33.8 Å². The number of rotatable bonds is 5. The van der Waals surface area contributed by atoms with E-state index in [0.717, 1.165) is 24.2 Å². The third-order valence-electron chi connectivity index (χ3n) is 2.78. The van der Waals surface area contributed by atoms with E-state index >= 15 is 0 Å². The first-order valence-electron chi connectivity index (χ1n) is 5.92. The van der Waals surface area contributed by atoms with E-state index in [9.17, 15) is 4.79 Å². The molecule has 1 unspecified atom stereocenters. The molecule has 1 fully saturated rings. The molecule has 0 radical (unpaired) electrons. The molecule has 1 N–H and O–H groups in total. The van der Waals surface area contributed by atoms with Crippen molar-refractivity contribution in [3.8, 4) is 0 Å². The average molecular weight is 304 g/mol. The van der Waals surface area contributed by atoms with Crippen molar-refractivity contribution in [2.45, 2.75) is 36.8 Å². The van der Waals surface area contributed by atoms with E-state index in [1.165, 1.54) is 0 Å². The summed E-state index contributed by atoms with van der Waals surface area (Å²) in [6.45, 7) is 1.93. The van der Waals surface area contributed by atoms with E-state index in [0.29, 0.717) is 16.1 Å². The third kappa shape index (κ3) is 4.08. The highest BCUT2D eigenvalue weighted by Gasteiger charge is 2.25. The monoisotopic (exact) mass is 303 g/mol. The smallest absolute Gasteiger partial charge is 0.233 e. The molecule has 0 heterocycles. The molecule has 0 aromatic heterocycles. The number of hydrogen-bond donors (Lipinski definition) is 1. The van der Waals surface area contributed by atoms with Crippen LogP contribution in [0.4, 0.5) is 0 Å². The van der Waals surface area contributed by atoms with E-state index < -0.39 is 0 Å². The van der Waals surface area contributed by atoms with Crippen molar-refractivity contribution in [1.82, 2.24) is 5.32 Å². The SMILES string of the molecule is CC(SCc1ccc(Cl)c(Cl)c1)C(=O)NC1CC1. The van der Waals surface area contributed by atoms with Crippen LogP contribution in [0.15, 0.2) is 18.2 Å². The van der Waals surface area contributed by atoms with E-state index in [4.69, 9.17) is 23.2 Å². The Labute approximate surface area is 121 Å². The van der Waals surface area contributed by atoms with Gasteiger partial charge < -0.3 is 5.32 Å². The van der Waals surface area contributed by atoms with E-state index in [1.807, 2.05) is 19.1 Å². The molecule has 1 atom stereocenters. The number of amides is 1. The number of thioether (sulfide) groups is 1. The molecule has 1 aromatic carbocycles. The van der Waals surface area contributed by atoms with Gasteiger partial charge in [-0.15, -0.1) is 11.8 Å². The lowest BCUT2D eigenvalue weighted by atomic mass is 10.2. The predicted octanol–water partition coefficient (Wildman–Crippen LogP) is 3.89. The third-order valence-corrected chi connectivity index (χ3v) is 4.73. The van der Waals surface area contributed by atoms with Crippen molar-refractivity contribution in [2.24, 2.45) is 0 Å². The molecule has 1 saturated carbocycles. The first-order valence-corrected chi connectivity index (χ1v) is 7.72. The molecular weight excluding hydrogens is 289 g/mol. The molecule has 0 bridgehead atoms. The van der Waals surface area contributed by atoms with Crippen LogP contribution in [0.2, 0.25) is 10.0 Å². The van der Waals surface area contributed by atoms with Gasteiger partial charge >= 0.3 is 0 Å². The number of nitrogens with one attached hydrogen (secondary N) is 1. The van der Waals surface area contributed by atoms with Gasteiger partial charge in [-0.05, 0) is 37.5 Å². The molecule has 18 heavy (non-hydrogen) atoms. The second-order valence-corrected chi connectivity index (χ2v) is 6.63. The fraction of sp³-hybridized carbons (Fsp3) is 0.462. The number of carbonyl (C=O) groups excluding carboxylic acids is 1. The summed E-state index contributed by atoms with van der Waals surface area (Å²) in [5.41, 5.74) is 1.08. The van der Waals surface area contributed by atoms with Gasteiger partial charge in [0, 0.05) is 11.8 Å². The van der Waals surface area contributed by atoms with Gasteiger partial charge in [-0.3, -0.25) is 4.79 Å². The van der Waals surface area contributed by atoms with Gasteiger partial charge in [0.2, 0.25) is 5.91 Å². The minimum atomic E-state index is -0.0416. The van der Waals surface area contributed by atoms with Gasteiger partial charge in [-0.2, -0.15) is 0 Å². The zero-order valence-corrected chi connectivity index (χ0v) is 12.4. The lowest BCUT2D eigenvalue weighted by molar-refractivity contribution is -0.120. The van der Waals surface area contributed by atoms with Crippen LogP contribution in [-0.4, -0.2) is 17.2 Å². The lowest BCUT2D eigenvalue weighted by Gasteiger charge is -2.11. The molecule has 2 rings (SSSR count). The molecule has 98 valence electrons. The Morgan fingerprint density at radius 3 is 2.78 bits per heavy atom. The standard InChI is InChI=1S/C13H15Cl2NOS/c1-8(13(17)16-10-3-4-10)18-7-9-2-5-11(14)12(15)6-9/h2,5-6,8,10H,3-4,7H2,1H3,(H,16,17). The summed E-state index contributed by atoms with van der Waals surface area (Å²) in [7, 11) is 0. The van der Waals surface area contributed by atoms with E-state index in [2.05, 4.69) is 5.32 Å². The summed E-state index contributed by atoms with van der Waals surface area (Å²) >= 11 is 13.4. The first kappa shape index (κ1) is 14.0. The van der Waals surface area contributed by atoms with Gasteiger partial charge in [0.25, 0.3) is 0 Å². The summed E-state index contributed by atoms with van der Waals surface area (Å²) in [4.78, 5) is 11.8. The van der Waals surface area contributed by atoms with Gasteiger partial charge in [0.05, 0.1) is 15.3 Å². The van der Waals surface area contributed by atoms with Crippen LogP contribution in [-0.2, 0) is 10.5 Å². The van der Waals surface area contributed by atoms with Crippen molar-refractivity contribution in [1.29, 1.82) is 0 Å². The minimum absolute atomic E-state index is 0.0416. The fourth-order valence-corrected chi connectivity index (χ4v) is 2.63. The maximum atomic E-state index is 11.8. The molecule has 5 heteroatoms. The normalized spacial score (nSPS) is 16.4.